The molecule has 18 nitrogen and oxygen atoms in total. The van der Waals surface area contributed by atoms with Gasteiger partial charge in [-0.2, -0.15) is 0 Å². The Hall–Kier alpha value is -6.56. The van der Waals surface area contributed by atoms with Gasteiger partial charge in [0.15, 0.2) is 0 Å². The Morgan fingerprint density at radius 1 is 0.393 bits per heavy atom. The number of pyridine rings is 6. The Labute approximate surface area is 694 Å². The third-order valence-electron chi connectivity index (χ3n) is 25.1. The van der Waals surface area contributed by atoms with E-state index < -0.39 is 24.4 Å². The topological polar surface area (TPSA) is 225 Å². The second kappa shape index (κ2) is 40.3. The summed E-state index contributed by atoms with van der Waals surface area (Å²) in [5, 5.41) is 64.6. The van der Waals surface area contributed by atoms with Gasteiger partial charge in [0.2, 0.25) is 0 Å². The van der Waals surface area contributed by atoms with Crippen LogP contribution in [0.2, 0.25) is 5.02 Å². The minimum atomic E-state index is -0.538. The first-order valence-corrected chi connectivity index (χ1v) is 44.4. The lowest BCUT2D eigenvalue weighted by molar-refractivity contribution is 0.0644. The normalized spacial score (nSPS) is 19.1. The summed E-state index contributed by atoms with van der Waals surface area (Å²) in [6.45, 7) is 4.22. The van der Waals surface area contributed by atoms with E-state index in [1.807, 2.05) is 112 Å². The summed E-state index contributed by atoms with van der Waals surface area (Å²) < 4.78 is 14.9. The number of rotatable bonds is 15. The average Bonchev–Trinajstić information content (AvgIpc) is 1.75. The Balaban J connectivity index is 0.000000118. The van der Waals surface area contributed by atoms with Crippen LogP contribution in [0.4, 0.5) is 0 Å². The van der Waals surface area contributed by atoms with Gasteiger partial charge in [-0.3, -0.25) is 22.0 Å². The standard InChI is InChI=1S/C16H21ClN2O.C16H18N2O.C15H19BrN2O.C15H19IN2O.C15H20N2O.C13H15BrN2O/c1-11(12-5-3-2-4-6-12)16(20)15-14(17)8-7-13-9-18-10-19(13)15;1-2-12-8-9-14-10-17-11-18(14)15(12)16(19)13-6-4-3-5-7-13;2*16-13-7-6-12-9-17-10-18(12)15(13)14(19)8-11-4-2-1-3-5-11;1-11-7-8-13-9-16-10-17(13)14(11)15(18)12-5-3-2-4-6-12;14-11-6-5-10-7-15-8-16(10)12(11)13(17)9-3-1-2-4-9/h7-12,16,20H,2-6H2,1H3;1,8-11,13,16,19H,3-7H2;2*6-7,9-11,14,19H,1-5,8H2;7-10,12,15,18H,2-6H2,1H3;5-9,13,17H,1-4H2. The second-order valence-corrected chi connectivity index (χ2v) is 35.7. The predicted molar refractivity (Wildman–Crippen MR) is 460 cm³/mol. The Bertz CT molecular complexity index is 4910. The van der Waals surface area contributed by atoms with Crippen LogP contribution in [0.5, 0.6) is 0 Å². The number of fused-ring (bicyclic) bond motifs is 6. The number of hydrogen-bond donors (Lipinski definition) is 6. The van der Waals surface area contributed by atoms with Crippen molar-refractivity contribution in [1.29, 1.82) is 0 Å². The Kier molecular flexibility index (Phi) is 30.0. The minimum Gasteiger partial charge on any atom is -0.387 e. The van der Waals surface area contributed by atoms with E-state index in [-0.39, 0.29) is 18.1 Å². The highest BCUT2D eigenvalue weighted by Gasteiger charge is 2.33. The molecule has 112 heavy (non-hydrogen) atoms. The summed E-state index contributed by atoms with van der Waals surface area (Å²) in [6.07, 6.45) is 62.3. The number of nitrogens with zero attached hydrogens (tertiary/aromatic N) is 12. The van der Waals surface area contributed by atoms with Gasteiger partial charge in [0, 0.05) is 18.1 Å². The lowest BCUT2D eigenvalue weighted by atomic mass is 9.77. The zero-order valence-electron chi connectivity index (χ0n) is 64.9. The average molecular weight is 1780 g/mol. The van der Waals surface area contributed by atoms with Crippen molar-refractivity contribution in [3.8, 4) is 12.3 Å². The van der Waals surface area contributed by atoms with Crippen molar-refractivity contribution in [3.05, 3.63) is 211 Å². The van der Waals surface area contributed by atoms with Gasteiger partial charge >= 0.3 is 0 Å². The van der Waals surface area contributed by atoms with E-state index in [4.69, 9.17) is 18.0 Å². The smallest absolute Gasteiger partial charge is 0.0995 e. The van der Waals surface area contributed by atoms with E-state index in [0.717, 1.165) is 142 Å². The number of hydrogen-bond acceptors (Lipinski definition) is 12. The largest absolute Gasteiger partial charge is 0.387 e. The third-order valence-corrected chi connectivity index (χ3v) is 27.7. The molecule has 12 aromatic heterocycles. The van der Waals surface area contributed by atoms with Gasteiger partial charge in [0.05, 0.1) is 184 Å². The van der Waals surface area contributed by atoms with Gasteiger partial charge in [-0.15, -0.1) is 6.42 Å². The molecule has 6 fully saturated rings. The van der Waals surface area contributed by atoms with Crippen LogP contribution >= 0.6 is 66.1 Å². The number of aliphatic hydroxyl groups is 6. The van der Waals surface area contributed by atoms with Crippen LogP contribution in [0.25, 0.3) is 33.1 Å². The number of terminal acetylenes is 1. The van der Waals surface area contributed by atoms with Gasteiger partial charge in [0.25, 0.3) is 0 Å². The Morgan fingerprint density at radius 2 is 0.705 bits per heavy atom. The lowest BCUT2D eigenvalue weighted by Crippen LogP contribution is -2.23. The number of aliphatic hydroxyl groups excluding tert-OH is 6. The molecule has 0 aliphatic heterocycles. The molecule has 596 valence electrons. The van der Waals surface area contributed by atoms with Crippen LogP contribution in [0, 0.1) is 64.3 Å². The van der Waals surface area contributed by atoms with Crippen molar-refractivity contribution in [1.82, 2.24) is 56.3 Å². The van der Waals surface area contributed by atoms with Gasteiger partial charge in [-0.25, -0.2) is 29.9 Å². The fourth-order valence-corrected chi connectivity index (χ4v) is 21.0. The van der Waals surface area contributed by atoms with Crippen molar-refractivity contribution in [3.63, 3.8) is 0 Å². The molecule has 12 aromatic rings. The molecule has 0 spiro atoms. The molecule has 0 radical (unpaired) electrons. The van der Waals surface area contributed by atoms with E-state index in [2.05, 4.69) is 122 Å². The van der Waals surface area contributed by atoms with Crippen LogP contribution < -0.4 is 0 Å². The summed E-state index contributed by atoms with van der Waals surface area (Å²) in [4.78, 5) is 25.0. The SMILES string of the molecule is C#Cc1ccc2cncn2c1C(O)C1CCCCC1.CC(C1CCCCC1)C(O)c1c(Cl)ccc2cncn12.Cc1ccc2cncn2c1C(O)C1CCCCC1.OC(CC1CCCCC1)c1c(Br)ccc2cncn12.OC(CC1CCCCC1)c1c(I)ccc2cncn12.OC(c1c(Br)ccc2cncn12)C1CCCC1. The first-order valence-electron chi connectivity index (χ1n) is 41.4. The fraction of sp³-hybridized carbons (Fsp3) is 0.511. The number of imidazole rings is 6. The molecule has 0 bridgehead atoms. The highest BCUT2D eigenvalue weighted by molar-refractivity contribution is 14.1. The fourth-order valence-electron chi connectivity index (χ4n) is 18.8. The maximum atomic E-state index is 10.8. The van der Waals surface area contributed by atoms with Gasteiger partial charge in [0.1, 0.15) is 0 Å². The van der Waals surface area contributed by atoms with Gasteiger partial charge in [-0.05, 0) is 226 Å². The van der Waals surface area contributed by atoms with E-state index in [9.17, 15) is 30.6 Å². The molecule has 6 N–H and O–H groups in total. The molecule has 0 saturated heterocycles. The zero-order valence-corrected chi connectivity index (χ0v) is 71.0. The van der Waals surface area contributed by atoms with Crippen LogP contribution in [-0.2, 0) is 0 Å². The Morgan fingerprint density at radius 3 is 1.15 bits per heavy atom. The third kappa shape index (κ3) is 20.1. The molecule has 7 unspecified atom stereocenters. The summed E-state index contributed by atoms with van der Waals surface area (Å²) in [5.41, 5.74) is 13.5. The minimum absolute atomic E-state index is 0.223. The summed E-state index contributed by atoms with van der Waals surface area (Å²) in [5.74, 6) is 5.95. The molecule has 18 rings (SSSR count). The van der Waals surface area contributed by atoms with Crippen LogP contribution in [-0.4, -0.2) is 86.9 Å². The van der Waals surface area contributed by atoms with Gasteiger partial charge in [-0.1, -0.05) is 178 Å². The summed E-state index contributed by atoms with van der Waals surface area (Å²) in [7, 11) is 0. The van der Waals surface area contributed by atoms with Crippen molar-refractivity contribution < 1.29 is 30.6 Å². The van der Waals surface area contributed by atoms with E-state index in [0.29, 0.717) is 40.5 Å². The quantitative estimate of drug-likeness (QED) is 0.0416. The lowest BCUT2D eigenvalue weighted by Gasteiger charge is -2.31. The molecule has 7 atom stereocenters. The molecule has 0 amide bonds. The maximum absolute atomic E-state index is 10.8. The van der Waals surface area contributed by atoms with Crippen LogP contribution in [0.15, 0.2) is 157 Å². The van der Waals surface area contributed by atoms with Crippen LogP contribution in [0.3, 0.4) is 0 Å². The number of halogens is 4. The molecule has 6 saturated carbocycles. The number of aryl methyl sites for hydroxylation is 1. The predicted octanol–water partition coefficient (Wildman–Crippen LogP) is 21.8. The van der Waals surface area contributed by atoms with Crippen molar-refractivity contribution in [2.75, 3.05) is 0 Å². The molecule has 12 heterocycles. The molecular formula is C90H112Br2ClIN12O6. The van der Waals surface area contributed by atoms with Crippen LogP contribution in [0.1, 0.15) is 288 Å². The van der Waals surface area contributed by atoms with E-state index >= 15 is 0 Å². The molecule has 22 heteroatoms. The first-order chi connectivity index (χ1) is 54.5. The highest BCUT2D eigenvalue weighted by Crippen LogP contribution is 2.43. The van der Waals surface area contributed by atoms with Crippen molar-refractivity contribution in [2.45, 2.75) is 250 Å². The second-order valence-electron chi connectivity index (χ2n) is 32.5. The molecule has 6 aliphatic rings. The molecular weight excluding hydrogens is 1670 g/mol. The molecule has 6 aliphatic carbocycles. The van der Waals surface area contributed by atoms with E-state index in [1.54, 1.807) is 44.0 Å². The monoisotopic (exact) mass is 1780 g/mol. The van der Waals surface area contributed by atoms with E-state index in [1.165, 1.54) is 148 Å². The highest BCUT2D eigenvalue weighted by atomic mass is 127. The van der Waals surface area contributed by atoms with Crippen molar-refractivity contribution in [2.24, 2.45) is 41.4 Å². The number of aromatic nitrogens is 12. The van der Waals surface area contributed by atoms with Crippen molar-refractivity contribution >= 4 is 99.2 Å². The maximum Gasteiger partial charge on any atom is 0.0995 e. The van der Waals surface area contributed by atoms with Gasteiger partial charge < -0.3 is 35.0 Å². The first kappa shape index (κ1) is 83.4. The summed E-state index contributed by atoms with van der Waals surface area (Å²) in [6, 6.07) is 23.9. The zero-order chi connectivity index (χ0) is 78.2. The summed E-state index contributed by atoms with van der Waals surface area (Å²) >= 11 is 15.7. The molecule has 0 aromatic carbocycles.